The molecule has 5 nitrogen and oxygen atoms in total. The number of ether oxygens (including phenoxy) is 2. The van der Waals surface area contributed by atoms with Crippen LogP contribution in [0.1, 0.15) is 11.1 Å². The molecule has 1 heterocycles. The molecule has 0 saturated heterocycles. The first-order chi connectivity index (χ1) is 11.5. The second kappa shape index (κ2) is 7.01. The van der Waals surface area contributed by atoms with Gasteiger partial charge >= 0.3 is 0 Å². The third-order valence-corrected chi connectivity index (χ3v) is 5.63. The van der Waals surface area contributed by atoms with E-state index >= 15 is 0 Å². The van der Waals surface area contributed by atoms with Gasteiger partial charge in [0, 0.05) is 6.54 Å². The molecule has 7 heteroatoms. The number of rotatable bonds is 5. The van der Waals surface area contributed by atoms with Crippen LogP contribution in [-0.4, -0.2) is 28.2 Å². The molecular weight excluding hydrogens is 350 g/mol. The lowest BCUT2D eigenvalue weighted by Crippen LogP contribution is -2.26. The van der Waals surface area contributed by atoms with E-state index in [-0.39, 0.29) is 16.5 Å². The summed E-state index contributed by atoms with van der Waals surface area (Å²) in [5.41, 5.74) is 1.88. The van der Waals surface area contributed by atoms with Crippen LogP contribution in [0, 0.1) is 6.92 Å². The summed E-state index contributed by atoms with van der Waals surface area (Å²) in [5, 5.41) is 0.224. The van der Waals surface area contributed by atoms with Crippen molar-refractivity contribution >= 4 is 21.6 Å². The van der Waals surface area contributed by atoms with Gasteiger partial charge in [-0.25, -0.2) is 13.1 Å². The Bertz CT molecular complexity index is 852. The topological polar surface area (TPSA) is 64.6 Å². The minimum absolute atomic E-state index is 0.0944. The molecule has 0 atom stereocenters. The zero-order valence-electron chi connectivity index (χ0n) is 13.2. The fraction of sp³-hybridized carbons (Fsp3) is 0.294. The molecule has 24 heavy (non-hydrogen) atoms. The number of fused-ring (bicyclic) bond motifs is 1. The summed E-state index contributed by atoms with van der Waals surface area (Å²) >= 11 is 6.04. The van der Waals surface area contributed by atoms with Gasteiger partial charge in [-0.1, -0.05) is 23.7 Å². The molecule has 0 spiro atoms. The van der Waals surface area contributed by atoms with Crippen molar-refractivity contribution in [3.05, 3.63) is 52.5 Å². The minimum atomic E-state index is -3.63. The van der Waals surface area contributed by atoms with Crippen molar-refractivity contribution in [2.75, 3.05) is 19.8 Å². The summed E-state index contributed by atoms with van der Waals surface area (Å²) in [4.78, 5) is 0.0944. The Morgan fingerprint density at radius 1 is 1.08 bits per heavy atom. The lowest BCUT2D eigenvalue weighted by molar-refractivity contribution is 0.171. The van der Waals surface area contributed by atoms with Gasteiger partial charge in [-0.2, -0.15) is 0 Å². The third kappa shape index (κ3) is 3.83. The maximum absolute atomic E-state index is 12.3. The first-order valence-electron chi connectivity index (χ1n) is 7.60. The highest BCUT2D eigenvalue weighted by Gasteiger charge is 2.17. The second-order valence-corrected chi connectivity index (χ2v) is 7.70. The lowest BCUT2D eigenvalue weighted by Gasteiger charge is -2.18. The van der Waals surface area contributed by atoms with Gasteiger partial charge < -0.3 is 9.47 Å². The smallest absolute Gasteiger partial charge is 0.242 e. The molecular formula is C17H18ClNO4S. The number of hydrogen-bond acceptors (Lipinski definition) is 4. The monoisotopic (exact) mass is 367 g/mol. The van der Waals surface area contributed by atoms with Gasteiger partial charge in [-0.3, -0.25) is 0 Å². The van der Waals surface area contributed by atoms with Gasteiger partial charge in [-0.15, -0.1) is 0 Å². The van der Waals surface area contributed by atoms with E-state index in [0.717, 1.165) is 16.9 Å². The van der Waals surface area contributed by atoms with E-state index in [9.17, 15) is 8.42 Å². The molecule has 0 radical (unpaired) electrons. The van der Waals surface area contributed by atoms with Gasteiger partial charge in [0.05, 0.1) is 5.02 Å². The Balaban J connectivity index is 1.65. The summed E-state index contributed by atoms with van der Waals surface area (Å²) in [6, 6.07) is 10.5. The highest BCUT2D eigenvalue weighted by atomic mass is 35.5. The molecule has 0 unspecified atom stereocenters. The molecule has 1 N–H and O–H groups in total. The van der Waals surface area contributed by atoms with Crippen LogP contribution in [0.2, 0.25) is 5.02 Å². The summed E-state index contributed by atoms with van der Waals surface area (Å²) in [6.07, 6.45) is 0.541. The number of aryl methyl sites for hydroxylation is 1. The number of halogens is 1. The van der Waals surface area contributed by atoms with Gasteiger partial charge in [0.2, 0.25) is 10.0 Å². The van der Waals surface area contributed by atoms with Gasteiger partial charge in [0.15, 0.2) is 11.5 Å². The number of hydrogen-bond donors (Lipinski definition) is 1. The molecule has 1 aliphatic rings. The quantitative estimate of drug-likeness (QED) is 0.882. The van der Waals surface area contributed by atoms with E-state index in [0.29, 0.717) is 25.4 Å². The first kappa shape index (κ1) is 17.1. The molecule has 3 rings (SSSR count). The van der Waals surface area contributed by atoms with Crippen molar-refractivity contribution in [1.29, 1.82) is 0 Å². The summed E-state index contributed by atoms with van der Waals surface area (Å²) in [7, 11) is -3.63. The fourth-order valence-corrected chi connectivity index (χ4v) is 4.10. The van der Waals surface area contributed by atoms with Crippen LogP contribution in [0.15, 0.2) is 41.3 Å². The van der Waals surface area contributed by atoms with Crippen LogP contribution in [0.25, 0.3) is 0 Å². The highest BCUT2D eigenvalue weighted by Crippen LogP contribution is 2.30. The highest BCUT2D eigenvalue weighted by molar-refractivity contribution is 7.89. The number of benzene rings is 2. The van der Waals surface area contributed by atoms with E-state index in [1.165, 1.54) is 6.07 Å². The molecule has 2 aromatic carbocycles. The molecule has 0 amide bonds. The van der Waals surface area contributed by atoms with E-state index in [1.54, 1.807) is 12.1 Å². The third-order valence-electron chi connectivity index (χ3n) is 3.69. The molecule has 0 saturated carbocycles. The molecule has 0 fully saturated rings. The molecule has 0 aliphatic carbocycles. The van der Waals surface area contributed by atoms with Crippen molar-refractivity contribution in [1.82, 2.24) is 4.72 Å². The van der Waals surface area contributed by atoms with Crippen LogP contribution in [0.5, 0.6) is 11.5 Å². The standard InChI is InChI=1S/C17H18ClNO4S/c1-12-2-5-17(14(18)10-12)24(20,21)19-7-6-13-3-4-15-16(11-13)23-9-8-22-15/h2-5,10-11,19H,6-9H2,1H3. The Kier molecular flexibility index (Phi) is 4.99. The predicted octanol–water partition coefficient (Wildman–Crippen LogP) is 2.94. The van der Waals surface area contributed by atoms with Crippen molar-refractivity contribution in [3.63, 3.8) is 0 Å². The molecule has 0 aromatic heterocycles. The molecule has 1 aliphatic heterocycles. The second-order valence-electron chi connectivity index (χ2n) is 5.56. The van der Waals surface area contributed by atoms with Gasteiger partial charge in [0.25, 0.3) is 0 Å². The lowest BCUT2D eigenvalue weighted by atomic mass is 10.1. The van der Waals surface area contributed by atoms with Crippen molar-refractivity contribution in [2.24, 2.45) is 0 Å². The molecule has 2 aromatic rings. The van der Waals surface area contributed by atoms with Gasteiger partial charge in [0.1, 0.15) is 18.1 Å². The maximum Gasteiger partial charge on any atom is 0.242 e. The van der Waals surface area contributed by atoms with Gasteiger partial charge in [-0.05, 0) is 48.7 Å². The van der Waals surface area contributed by atoms with E-state index in [1.807, 2.05) is 25.1 Å². The van der Waals surface area contributed by atoms with Crippen molar-refractivity contribution < 1.29 is 17.9 Å². The summed E-state index contributed by atoms with van der Waals surface area (Å²) < 4.78 is 38.3. The van der Waals surface area contributed by atoms with E-state index in [2.05, 4.69) is 4.72 Å². The minimum Gasteiger partial charge on any atom is -0.486 e. The Hall–Kier alpha value is -1.76. The number of sulfonamides is 1. The van der Waals surface area contributed by atoms with Crippen LogP contribution in [0.4, 0.5) is 0 Å². The van der Waals surface area contributed by atoms with Crippen molar-refractivity contribution in [3.8, 4) is 11.5 Å². The molecule has 128 valence electrons. The van der Waals surface area contributed by atoms with E-state index < -0.39 is 10.0 Å². The normalized spacial score (nSPS) is 13.8. The average molecular weight is 368 g/mol. The maximum atomic E-state index is 12.3. The summed E-state index contributed by atoms with van der Waals surface area (Å²) in [5.74, 6) is 1.42. The average Bonchev–Trinajstić information content (AvgIpc) is 2.54. The van der Waals surface area contributed by atoms with Crippen LogP contribution >= 0.6 is 11.6 Å². The van der Waals surface area contributed by atoms with E-state index in [4.69, 9.17) is 21.1 Å². The van der Waals surface area contributed by atoms with Crippen LogP contribution < -0.4 is 14.2 Å². The zero-order valence-corrected chi connectivity index (χ0v) is 14.8. The fourth-order valence-electron chi connectivity index (χ4n) is 2.47. The Morgan fingerprint density at radius 3 is 2.58 bits per heavy atom. The SMILES string of the molecule is Cc1ccc(S(=O)(=O)NCCc2ccc3c(c2)OCCO3)c(Cl)c1. The molecule has 0 bridgehead atoms. The largest absolute Gasteiger partial charge is 0.486 e. The Labute approximate surface area is 146 Å². The van der Waals surface area contributed by atoms with Crippen molar-refractivity contribution in [2.45, 2.75) is 18.2 Å². The van der Waals surface area contributed by atoms with Crippen LogP contribution in [0.3, 0.4) is 0 Å². The Morgan fingerprint density at radius 2 is 1.83 bits per heavy atom. The zero-order chi connectivity index (χ0) is 17.2. The van der Waals surface area contributed by atoms with Crippen LogP contribution in [-0.2, 0) is 16.4 Å². The number of nitrogens with one attached hydrogen (secondary N) is 1. The summed E-state index contributed by atoms with van der Waals surface area (Å²) in [6.45, 7) is 3.20. The first-order valence-corrected chi connectivity index (χ1v) is 9.46. The predicted molar refractivity (Wildman–Crippen MR) is 92.5 cm³/mol.